The number of nitrogens with zero attached hydrogens (tertiary/aromatic N) is 1. The predicted octanol–water partition coefficient (Wildman–Crippen LogP) is 5.08. The van der Waals surface area contributed by atoms with Gasteiger partial charge in [-0.25, -0.2) is 0 Å². The molecule has 1 heterocycles. The molecule has 2 rings (SSSR count). The van der Waals surface area contributed by atoms with Crippen molar-refractivity contribution in [2.75, 3.05) is 0 Å². The van der Waals surface area contributed by atoms with Gasteiger partial charge in [0.25, 0.3) is 0 Å². The van der Waals surface area contributed by atoms with E-state index in [1.54, 1.807) is 5.70 Å². The third kappa shape index (κ3) is 3.86. The fourth-order valence-electron chi connectivity index (χ4n) is 2.79. The van der Waals surface area contributed by atoms with Crippen LogP contribution in [0.5, 0.6) is 0 Å². The van der Waals surface area contributed by atoms with Crippen LogP contribution in [0.15, 0.2) is 66.4 Å². The molecule has 0 aromatic heterocycles. The van der Waals surface area contributed by atoms with Crippen molar-refractivity contribution in [1.82, 2.24) is 4.90 Å². The van der Waals surface area contributed by atoms with Crippen LogP contribution in [0.2, 0.25) is 0 Å². The van der Waals surface area contributed by atoms with Crippen molar-refractivity contribution < 1.29 is 0 Å². The average Bonchev–Trinajstić information content (AvgIpc) is 3.12. The zero-order chi connectivity index (χ0) is 14.4. The van der Waals surface area contributed by atoms with E-state index < -0.39 is 0 Å². The summed E-state index contributed by atoms with van der Waals surface area (Å²) in [6.07, 6.45) is 9.75. The van der Waals surface area contributed by atoms with E-state index >= 15 is 0 Å². The SMILES string of the molecule is C=C/C=C/CCCC1C(=C(C)C)N1Cc1ccccc1. The number of rotatable bonds is 7. The van der Waals surface area contributed by atoms with Crippen LogP contribution in [0.4, 0.5) is 0 Å². The molecule has 1 nitrogen and oxygen atoms in total. The van der Waals surface area contributed by atoms with Crippen LogP contribution < -0.4 is 0 Å². The molecule has 20 heavy (non-hydrogen) atoms. The van der Waals surface area contributed by atoms with E-state index in [0.717, 1.165) is 13.0 Å². The zero-order valence-corrected chi connectivity index (χ0v) is 12.7. The number of allylic oxidation sites excluding steroid dienone is 4. The van der Waals surface area contributed by atoms with Gasteiger partial charge in [0, 0.05) is 12.2 Å². The first kappa shape index (κ1) is 14.6. The Balaban J connectivity index is 1.87. The highest BCUT2D eigenvalue weighted by Gasteiger charge is 2.39. The van der Waals surface area contributed by atoms with Crippen molar-refractivity contribution in [3.8, 4) is 0 Å². The molecule has 0 radical (unpaired) electrons. The standard InChI is InChI=1S/C19H25N/c1-4-5-6-7-11-14-18-19(16(2)3)20(18)15-17-12-9-8-10-13-17/h4-6,8-10,12-13,18H,1,7,11,14-15H2,2-3H3/b6-5+. The van der Waals surface area contributed by atoms with E-state index in [0.29, 0.717) is 6.04 Å². The Hall–Kier alpha value is -1.76. The van der Waals surface area contributed by atoms with Gasteiger partial charge in [0.1, 0.15) is 0 Å². The average molecular weight is 267 g/mol. The maximum Gasteiger partial charge on any atom is 0.0691 e. The summed E-state index contributed by atoms with van der Waals surface area (Å²) < 4.78 is 0. The maximum atomic E-state index is 3.70. The second-order valence-electron chi connectivity index (χ2n) is 5.61. The number of unbranched alkanes of at least 4 members (excludes halogenated alkanes) is 1. The van der Waals surface area contributed by atoms with Crippen LogP contribution in [-0.2, 0) is 6.54 Å². The lowest BCUT2D eigenvalue weighted by atomic mass is 10.1. The molecule has 1 atom stereocenters. The fraction of sp³-hybridized carbons (Fsp3) is 0.368. The highest BCUT2D eigenvalue weighted by molar-refractivity contribution is 5.32. The third-order valence-electron chi connectivity index (χ3n) is 3.76. The van der Waals surface area contributed by atoms with Gasteiger partial charge in [0.05, 0.1) is 6.04 Å². The molecule has 0 aliphatic carbocycles. The molecule has 0 spiro atoms. The zero-order valence-electron chi connectivity index (χ0n) is 12.7. The first-order valence-electron chi connectivity index (χ1n) is 7.49. The summed E-state index contributed by atoms with van der Waals surface area (Å²) in [6, 6.07) is 11.4. The van der Waals surface area contributed by atoms with Crippen LogP contribution in [0, 0.1) is 0 Å². The maximum absolute atomic E-state index is 3.70. The van der Waals surface area contributed by atoms with Crippen molar-refractivity contribution in [2.45, 2.75) is 45.7 Å². The molecule has 0 saturated carbocycles. The smallest absolute Gasteiger partial charge is 0.0691 e. The van der Waals surface area contributed by atoms with Crippen molar-refractivity contribution in [3.63, 3.8) is 0 Å². The lowest BCUT2D eigenvalue weighted by Gasteiger charge is -2.04. The first-order valence-corrected chi connectivity index (χ1v) is 7.49. The minimum Gasteiger partial charge on any atom is -0.360 e. The van der Waals surface area contributed by atoms with Crippen LogP contribution in [0.25, 0.3) is 0 Å². The Labute approximate surface area is 123 Å². The molecule has 1 aromatic rings. The van der Waals surface area contributed by atoms with E-state index in [1.165, 1.54) is 24.0 Å². The second-order valence-corrected chi connectivity index (χ2v) is 5.61. The van der Waals surface area contributed by atoms with Crippen LogP contribution in [0.1, 0.15) is 38.7 Å². The fourth-order valence-corrected chi connectivity index (χ4v) is 2.79. The molecule has 1 aliphatic rings. The molecule has 1 saturated heterocycles. The topological polar surface area (TPSA) is 3.01 Å². The lowest BCUT2D eigenvalue weighted by molar-refractivity contribution is 0.489. The van der Waals surface area contributed by atoms with Crippen molar-refractivity contribution in [2.24, 2.45) is 0 Å². The van der Waals surface area contributed by atoms with Gasteiger partial charge in [-0.05, 0) is 38.7 Å². The van der Waals surface area contributed by atoms with Crippen LogP contribution in [-0.4, -0.2) is 10.9 Å². The minimum atomic E-state index is 0.664. The van der Waals surface area contributed by atoms with Gasteiger partial charge in [-0.1, -0.05) is 60.7 Å². The second kappa shape index (κ2) is 7.14. The predicted molar refractivity (Wildman–Crippen MR) is 87.3 cm³/mol. The van der Waals surface area contributed by atoms with Gasteiger partial charge in [0.2, 0.25) is 0 Å². The molecule has 0 N–H and O–H groups in total. The quantitative estimate of drug-likeness (QED) is 0.378. The summed E-state index contributed by atoms with van der Waals surface area (Å²) in [5, 5.41) is 0. The Kier molecular flexibility index (Phi) is 5.23. The monoisotopic (exact) mass is 267 g/mol. The van der Waals surface area contributed by atoms with E-state index in [-0.39, 0.29) is 0 Å². The molecule has 0 amide bonds. The van der Waals surface area contributed by atoms with Crippen LogP contribution >= 0.6 is 0 Å². The van der Waals surface area contributed by atoms with Gasteiger partial charge in [-0.3, -0.25) is 0 Å². The van der Waals surface area contributed by atoms with Gasteiger partial charge in [-0.2, -0.15) is 0 Å². The Bertz CT molecular complexity index is 492. The summed E-state index contributed by atoms with van der Waals surface area (Å²) in [6.45, 7) is 9.20. The molecule has 0 bridgehead atoms. The molecule has 1 aliphatic heterocycles. The lowest BCUT2D eigenvalue weighted by Crippen LogP contribution is -2.01. The van der Waals surface area contributed by atoms with Gasteiger partial charge < -0.3 is 4.90 Å². The Morgan fingerprint density at radius 1 is 1.25 bits per heavy atom. The van der Waals surface area contributed by atoms with Gasteiger partial charge in [-0.15, -0.1) is 0 Å². The summed E-state index contributed by atoms with van der Waals surface area (Å²) in [5.41, 5.74) is 4.43. The van der Waals surface area contributed by atoms with Crippen molar-refractivity contribution >= 4 is 0 Å². The largest absolute Gasteiger partial charge is 0.360 e. The third-order valence-corrected chi connectivity index (χ3v) is 3.76. The summed E-state index contributed by atoms with van der Waals surface area (Å²) in [7, 11) is 0. The molecule has 1 unspecified atom stereocenters. The van der Waals surface area contributed by atoms with Crippen LogP contribution in [0.3, 0.4) is 0 Å². The normalized spacial score (nSPS) is 17.6. The number of hydrogen-bond donors (Lipinski definition) is 0. The van der Waals surface area contributed by atoms with Gasteiger partial charge >= 0.3 is 0 Å². The highest BCUT2D eigenvalue weighted by atomic mass is 15.3. The highest BCUT2D eigenvalue weighted by Crippen LogP contribution is 2.40. The van der Waals surface area contributed by atoms with E-state index in [9.17, 15) is 0 Å². The molecular weight excluding hydrogens is 242 g/mol. The molecule has 1 fully saturated rings. The summed E-state index contributed by atoms with van der Waals surface area (Å²) in [4.78, 5) is 2.54. The molecule has 1 heteroatoms. The first-order chi connectivity index (χ1) is 9.74. The Morgan fingerprint density at radius 3 is 2.65 bits per heavy atom. The number of hydrogen-bond acceptors (Lipinski definition) is 1. The van der Waals surface area contributed by atoms with E-state index in [2.05, 4.69) is 61.7 Å². The number of benzene rings is 1. The van der Waals surface area contributed by atoms with Gasteiger partial charge in [0.15, 0.2) is 0 Å². The summed E-state index contributed by atoms with van der Waals surface area (Å²) >= 11 is 0. The summed E-state index contributed by atoms with van der Waals surface area (Å²) in [5.74, 6) is 0. The van der Waals surface area contributed by atoms with E-state index in [1.807, 2.05) is 12.2 Å². The molecule has 1 aromatic carbocycles. The molecule has 106 valence electrons. The minimum absolute atomic E-state index is 0.664. The van der Waals surface area contributed by atoms with Crippen molar-refractivity contribution in [3.05, 3.63) is 72.0 Å². The van der Waals surface area contributed by atoms with E-state index in [4.69, 9.17) is 0 Å². The Morgan fingerprint density at radius 2 is 2.00 bits per heavy atom. The van der Waals surface area contributed by atoms with Crippen molar-refractivity contribution in [1.29, 1.82) is 0 Å². The molecular formula is C19H25N.